The van der Waals surface area contributed by atoms with Gasteiger partial charge in [-0.15, -0.1) is 0 Å². The minimum Gasteiger partial charge on any atom is -0.495 e. The molecule has 1 saturated carbocycles. The molecule has 252 valence electrons. The van der Waals surface area contributed by atoms with Gasteiger partial charge in [0.25, 0.3) is 10.0 Å². The molecular formula is C37H39Cl2N3O5S. The zero-order valence-corrected chi connectivity index (χ0v) is 29.1. The molecule has 0 saturated heterocycles. The lowest BCUT2D eigenvalue weighted by Crippen LogP contribution is -2.55. The van der Waals surface area contributed by atoms with Crippen molar-refractivity contribution in [1.82, 2.24) is 10.2 Å². The molecule has 1 aliphatic rings. The smallest absolute Gasteiger partial charge is 0.264 e. The summed E-state index contributed by atoms with van der Waals surface area (Å²) in [4.78, 5) is 30.4. The monoisotopic (exact) mass is 707 g/mol. The lowest BCUT2D eigenvalue weighted by molar-refractivity contribution is -0.140. The predicted molar refractivity (Wildman–Crippen MR) is 190 cm³/mol. The molecule has 4 aromatic carbocycles. The van der Waals surface area contributed by atoms with Gasteiger partial charge in [-0.3, -0.25) is 13.9 Å². The molecular weight excluding hydrogens is 669 g/mol. The molecule has 2 amide bonds. The molecule has 4 aromatic rings. The maximum Gasteiger partial charge on any atom is 0.264 e. The number of methoxy groups -OCH3 is 1. The third-order valence-corrected chi connectivity index (χ3v) is 11.0. The number of amides is 2. The van der Waals surface area contributed by atoms with Crippen LogP contribution in [0.3, 0.4) is 0 Å². The van der Waals surface area contributed by atoms with Crippen molar-refractivity contribution in [1.29, 1.82) is 0 Å². The lowest BCUT2D eigenvalue weighted by Gasteiger charge is -2.35. The molecule has 0 aliphatic heterocycles. The van der Waals surface area contributed by atoms with Crippen LogP contribution in [0.1, 0.15) is 43.2 Å². The van der Waals surface area contributed by atoms with E-state index in [1.54, 1.807) is 60.7 Å². The highest BCUT2D eigenvalue weighted by molar-refractivity contribution is 7.92. The predicted octanol–water partition coefficient (Wildman–Crippen LogP) is 7.29. The summed E-state index contributed by atoms with van der Waals surface area (Å²) in [5.41, 5.74) is 1.68. The maximum atomic E-state index is 14.7. The SMILES string of the molecule is COc1ccccc1N(CC(=O)N(Cc1ccc(Cl)c(Cl)c1)C(Cc1ccccc1)C(=O)NC1CCCCC1)S(=O)(=O)c1ccccc1. The Morgan fingerprint density at radius 2 is 1.48 bits per heavy atom. The Morgan fingerprint density at radius 3 is 2.15 bits per heavy atom. The molecule has 48 heavy (non-hydrogen) atoms. The Labute approximate surface area is 292 Å². The molecule has 1 aliphatic carbocycles. The number of sulfonamides is 1. The molecule has 0 spiro atoms. The zero-order chi connectivity index (χ0) is 34.1. The third-order valence-electron chi connectivity index (χ3n) is 8.52. The van der Waals surface area contributed by atoms with Crippen LogP contribution in [-0.2, 0) is 32.6 Å². The van der Waals surface area contributed by atoms with E-state index in [1.807, 2.05) is 30.3 Å². The minimum atomic E-state index is -4.26. The summed E-state index contributed by atoms with van der Waals surface area (Å²) in [6, 6.07) is 28.1. The fraction of sp³-hybridized carbons (Fsp3) is 0.297. The van der Waals surface area contributed by atoms with Gasteiger partial charge in [0.05, 0.1) is 27.7 Å². The van der Waals surface area contributed by atoms with Crippen molar-refractivity contribution in [3.05, 3.63) is 124 Å². The van der Waals surface area contributed by atoms with Crippen molar-refractivity contribution in [2.45, 2.75) is 62.0 Å². The summed E-state index contributed by atoms with van der Waals surface area (Å²) in [6.45, 7) is -0.614. The average molecular weight is 709 g/mol. The standard InChI is InChI=1S/C37H39Cl2N3O5S/c1-47-35-20-12-11-19-33(35)42(48(45,46)30-17-9-4-10-18-30)26-36(43)41(25-28-21-22-31(38)32(39)23-28)34(24-27-13-5-2-6-14-27)37(44)40-29-15-7-3-8-16-29/h2,4-6,9-14,17-23,29,34H,3,7-8,15-16,24-26H2,1H3,(H,40,44). The highest BCUT2D eigenvalue weighted by atomic mass is 35.5. The Hall–Kier alpha value is -4.05. The van der Waals surface area contributed by atoms with Crippen molar-refractivity contribution in [3.8, 4) is 5.75 Å². The molecule has 1 N–H and O–H groups in total. The summed E-state index contributed by atoms with van der Waals surface area (Å²) >= 11 is 12.6. The summed E-state index contributed by atoms with van der Waals surface area (Å²) < 4.78 is 35.1. The van der Waals surface area contributed by atoms with Gasteiger partial charge in [-0.1, -0.05) is 109 Å². The largest absolute Gasteiger partial charge is 0.495 e. The quantitative estimate of drug-likeness (QED) is 0.158. The van der Waals surface area contributed by atoms with Crippen molar-refractivity contribution in [2.75, 3.05) is 18.0 Å². The van der Waals surface area contributed by atoms with E-state index in [1.165, 1.54) is 24.1 Å². The van der Waals surface area contributed by atoms with Crippen LogP contribution >= 0.6 is 23.2 Å². The Bertz CT molecular complexity index is 1800. The van der Waals surface area contributed by atoms with Crippen LogP contribution in [-0.4, -0.2) is 50.9 Å². The number of anilines is 1. The third kappa shape index (κ3) is 8.69. The number of hydrogen-bond acceptors (Lipinski definition) is 5. The number of carbonyl (C=O) groups is 2. The normalized spacial score (nSPS) is 14.1. The summed E-state index contributed by atoms with van der Waals surface area (Å²) in [6.07, 6.45) is 5.10. The van der Waals surface area contributed by atoms with Gasteiger partial charge >= 0.3 is 0 Å². The highest BCUT2D eigenvalue weighted by Crippen LogP contribution is 2.33. The van der Waals surface area contributed by atoms with E-state index in [4.69, 9.17) is 27.9 Å². The van der Waals surface area contributed by atoms with Gasteiger partial charge in [0.15, 0.2) is 0 Å². The number of ether oxygens (including phenoxy) is 1. The van der Waals surface area contributed by atoms with E-state index in [0.29, 0.717) is 15.6 Å². The van der Waals surface area contributed by atoms with Crippen LogP contribution in [0.15, 0.2) is 108 Å². The molecule has 0 bridgehead atoms. The molecule has 11 heteroatoms. The van der Waals surface area contributed by atoms with Gasteiger partial charge in [-0.2, -0.15) is 0 Å². The number of para-hydroxylation sites is 2. The molecule has 0 heterocycles. The zero-order valence-electron chi connectivity index (χ0n) is 26.7. The van der Waals surface area contributed by atoms with Crippen molar-refractivity contribution >= 4 is 50.7 Å². The number of benzene rings is 4. The molecule has 5 rings (SSSR count). The Balaban J connectivity index is 1.59. The number of rotatable bonds is 13. The van der Waals surface area contributed by atoms with Crippen LogP contribution in [0.2, 0.25) is 10.0 Å². The minimum absolute atomic E-state index is 0.00464. The summed E-state index contributed by atoms with van der Waals surface area (Å²) in [5, 5.41) is 3.86. The van der Waals surface area contributed by atoms with Crippen LogP contribution < -0.4 is 14.4 Å². The highest BCUT2D eigenvalue weighted by Gasteiger charge is 2.36. The van der Waals surface area contributed by atoms with Gasteiger partial charge in [-0.05, 0) is 60.4 Å². The van der Waals surface area contributed by atoms with E-state index in [9.17, 15) is 18.0 Å². The summed E-state index contributed by atoms with van der Waals surface area (Å²) in [7, 11) is -2.82. The lowest BCUT2D eigenvalue weighted by atomic mass is 9.94. The number of nitrogens with one attached hydrogen (secondary N) is 1. The molecule has 1 fully saturated rings. The number of carbonyl (C=O) groups excluding carboxylic acids is 2. The van der Waals surface area contributed by atoms with Crippen molar-refractivity contribution in [3.63, 3.8) is 0 Å². The first-order chi connectivity index (χ1) is 23.2. The van der Waals surface area contributed by atoms with Crippen molar-refractivity contribution in [2.24, 2.45) is 0 Å². The second kappa shape index (κ2) is 16.4. The molecule has 0 radical (unpaired) electrons. The average Bonchev–Trinajstić information content (AvgIpc) is 3.11. The summed E-state index contributed by atoms with van der Waals surface area (Å²) in [5.74, 6) is -0.600. The first-order valence-corrected chi connectivity index (χ1v) is 18.2. The van der Waals surface area contributed by atoms with Crippen LogP contribution in [0, 0.1) is 0 Å². The first-order valence-electron chi connectivity index (χ1n) is 16.0. The van der Waals surface area contributed by atoms with E-state index in [-0.39, 0.29) is 41.2 Å². The first kappa shape index (κ1) is 35.3. The van der Waals surface area contributed by atoms with Gasteiger partial charge in [-0.25, -0.2) is 8.42 Å². The van der Waals surface area contributed by atoms with Crippen LogP contribution in [0.5, 0.6) is 5.75 Å². The van der Waals surface area contributed by atoms with Gasteiger partial charge in [0, 0.05) is 19.0 Å². The molecule has 0 aromatic heterocycles. The number of nitrogens with zero attached hydrogens (tertiary/aromatic N) is 2. The van der Waals surface area contributed by atoms with E-state index in [2.05, 4.69) is 5.32 Å². The second-order valence-electron chi connectivity index (χ2n) is 11.8. The number of halogens is 2. The molecule has 8 nitrogen and oxygen atoms in total. The van der Waals surface area contributed by atoms with Crippen molar-refractivity contribution < 1.29 is 22.7 Å². The Morgan fingerprint density at radius 1 is 0.833 bits per heavy atom. The van der Waals surface area contributed by atoms with Gasteiger partial charge in [0.2, 0.25) is 11.8 Å². The van der Waals surface area contributed by atoms with E-state index in [0.717, 1.165) is 42.0 Å². The second-order valence-corrected chi connectivity index (χ2v) is 14.5. The van der Waals surface area contributed by atoms with Crippen LogP contribution in [0.4, 0.5) is 5.69 Å². The van der Waals surface area contributed by atoms with Gasteiger partial charge < -0.3 is 15.0 Å². The fourth-order valence-corrected chi connectivity index (χ4v) is 7.77. The van der Waals surface area contributed by atoms with Gasteiger partial charge in [0.1, 0.15) is 18.3 Å². The Kier molecular flexibility index (Phi) is 12.0. The van der Waals surface area contributed by atoms with E-state index >= 15 is 0 Å². The maximum absolute atomic E-state index is 14.7. The topological polar surface area (TPSA) is 96.0 Å². The molecule has 1 unspecified atom stereocenters. The van der Waals surface area contributed by atoms with Crippen LogP contribution in [0.25, 0.3) is 0 Å². The number of hydrogen-bond donors (Lipinski definition) is 1. The van der Waals surface area contributed by atoms with E-state index < -0.39 is 28.5 Å². The fourth-order valence-electron chi connectivity index (χ4n) is 6.00. The molecule has 1 atom stereocenters.